The molecule has 0 aliphatic carbocycles. The summed E-state index contributed by atoms with van der Waals surface area (Å²) < 4.78 is 20.7. The topological polar surface area (TPSA) is 82.2 Å². The Morgan fingerprint density at radius 1 is 1.38 bits per heavy atom. The average molecular weight is 458 g/mol. The highest BCUT2D eigenvalue weighted by Crippen LogP contribution is 2.34. The van der Waals surface area contributed by atoms with E-state index in [1.807, 2.05) is 10.5 Å². The van der Waals surface area contributed by atoms with E-state index in [1.165, 1.54) is 19.2 Å². The third kappa shape index (κ3) is 3.16. The summed E-state index contributed by atoms with van der Waals surface area (Å²) in [6.45, 7) is 0. The fourth-order valence-electron chi connectivity index (χ4n) is 2.27. The summed E-state index contributed by atoms with van der Waals surface area (Å²) in [5, 5.41) is 8.16. The Bertz CT molecular complexity index is 931. The normalized spacial score (nSPS) is 11.3. The average Bonchev–Trinajstić information content (AvgIpc) is 2.97. The van der Waals surface area contributed by atoms with Crippen LogP contribution in [0.25, 0.3) is 10.9 Å². The molecule has 0 spiro atoms. The molecule has 3 rings (SSSR count). The number of anilines is 3. The lowest BCUT2D eigenvalue weighted by atomic mass is 10.1. The lowest BCUT2D eigenvalue weighted by Crippen LogP contribution is -2.04. The van der Waals surface area contributed by atoms with E-state index in [2.05, 4.69) is 37.2 Å². The number of nitrogens with one attached hydrogen (secondary N) is 1. The predicted octanol–water partition coefficient (Wildman–Crippen LogP) is 4.08. The zero-order valence-corrected chi connectivity index (χ0v) is 15.7. The Morgan fingerprint density at radius 2 is 2.17 bits per heavy atom. The summed E-state index contributed by atoms with van der Waals surface area (Å²) in [6.07, 6.45) is 2.19. The van der Waals surface area contributed by atoms with Crippen LogP contribution in [0.3, 0.4) is 0 Å². The van der Waals surface area contributed by atoms with Crippen LogP contribution in [0.15, 0.2) is 36.5 Å². The highest BCUT2D eigenvalue weighted by molar-refractivity contribution is 14.2. The molecule has 1 aromatic heterocycles. The second kappa shape index (κ2) is 6.90. The highest BCUT2D eigenvalue weighted by atomic mass is 127. The number of ether oxygens (including phenoxy) is 1. The molecule has 24 heavy (non-hydrogen) atoms. The predicted molar refractivity (Wildman–Crippen MR) is 103 cm³/mol. The van der Waals surface area contributed by atoms with E-state index in [4.69, 9.17) is 5.73 Å². The van der Waals surface area contributed by atoms with Gasteiger partial charge in [-0.05, 0) is 52.4 Å². The zero-order valence-electron chi connectivity index (χ0n) is 12.5. The standard InChI is InChI=1S/C15H13FIN4O2P/c1-23-15(22)8-2-3-12(10(16)4-8)20-13-6-14-9(5-11(13)18)7-19-21(14)24-17/h2-7,20,24H,18H2,1H3. The number of carbonyl (C=O) groups excluding carboxylic acids is 1. The van der Waals surface area contributed by atoms with Crippen LogP contribution in [-0.2, 0) is 4.74 Å². The Hall–Kier alpha value is -1.93. The molecule has 0 aliphatic rings. The summed E-state index contributed by atoms with van der Waals surface area (Å²) >= 11 is 2.23. The maximum Gasteiger partial charge on any atom is 0.337 e. The van der Waals surface area contributed by atoms with Crippen molar-refractivity contribution in [3.05, 3.63) is 47.9 Å². The minimum Gasteiger partial charge on any atom is -0.465 e. The van der Waals surface area contributed by atoms with Crippen LogP contribution in [0.5, 0.6) is 0 Å². The van der Waals surface area contributed by atoms with Crippen LogP contribution in [0.2, 0.25) is 0 Å². The Labute approximate surface area is 151 Å². The molecule has 0 aliphatic heterocycles. The maximum absolute atomic E-state index is 14.2. The second-order valence-corrected chi connectivity index (χ2v) is 6.99. The molecule has 1 heterocycles. The van der Waals surface area contributed by atoms with Crippen LogP contribution in [0.1, 0.15) is 10.4 Å². The van der Waals surface area contributed by atoms with Gasteiger partial charge in [-0.1, -0.05) is 0 Å². The number of esters is 1. The van der Waals surface area contributed by atoms with Crippen molar-refractivity contribution in [2.45, 2.75) is 0 Å². The van der Waals surface area contributed by atoms with E-state index >= 15 is 0 Å². The van der Waals surface area contributed by atoms with Crippen molar-refractivity contribution >= 4 is 62.3 Å². The largest absolute Gasteiger partial charge is 0.465 e. The number of carbonyl (C=O) groups is 1. The van der Waals surface area contributed by atoms with E-state index in [1.54, 1.807) is 12.3 Å². The second-order valence-electron chi connectivity index (χ2n) is 4.95. The number of methoxy groups -OCH3 is 1. The number of fused-ring (bicyclic) bond motifs is 1. The molecule has 0 saturated heterocycles. The minimum absolute atomic E-state index is 0.146. The number of nitrogens with two attached hydrogens (primary N) is 1. The van der Waals surface area contributed by atoms with Gasteiger partial charge in [0.1, 0.15) is 5.82 Å². The number of benzene rings is 2. The number of hydrogen-bond acceptors (Lipinski definition) is 5. The minimum atomic E-state index is -0.590. The van der Waals surface area contributed by atoms with Crippen molar-refractivity contribution in [3.8, 4) is 0 Å². The van der Waals surface area contributed by atoms with Crippen LogP contribution < -0.4 is 11.1 Å². The molecule has 3 N–H and O–H groups in total. The molecule has 3 aromatic rings. The van der Waals surface area contributed by atoms with Gasteiger partial charge >= 0.3 is 5.97 Å². The van der Waals surface area contributed by atoms with E-state index in [0.29, 0.717) is 17.7 Å². The number of hydrogen-bond donors (Lipinski definition) is 2. The summed E-state index contributed by atoms with van der Waals surface area (Å²) in [6, 6.07) is 7.71. The molecule has 0 fully saturated rings. The van der Waals surface area contributed by atoms with Gasteiger partial charge in [0.2, 0.25) is 0 Å². The van der Waals surface area contributed by atoms with Gasteiger partial charge in [-0.15, -0.1) is 0 Å². The Kier molecular flexibility index (Phi) is 4.86. The smallest absolute Gasteiger partial charge is 0.337 e. The Morgan fingerprint density at radius 3 is 2.83 bits per heavy atom. The van der Waals surface area contributed by atoms with Gasteiger partial charge in [-0.2, -0.15) is 5.10 Å². The van der Waals surface area contributed by atoms with E-state index in [-0.39, 0.29) is 11.3 Å². The first-order valence-electron chi connectivity index (χ1n) is 6.82. The third-order valence-corrected chi connectivity index (χ3v) is 5.37. The van der Waals surface area contributed by atoms with E-state index < -0.39 is 11.8 Å². The first kappa shape index (κ1) is 16.9. The summed E-state index contributed by atoms with van der Waals surface area (Å²) in [7, 11) is 1.25. The molecule has 124 valence electrons. The maximum atomic E-state index is 14.2. The third-order valence-electron chi connectivity index (χ3n) is 3.48. The van der Waals surface area contributed by atoms with Crippen molar-refractivity contribution in [2.24, 2.45) is 0 Å². The van der Waals surface area contributed by atoms with Crippen LogP contribution in [-0.4, -0.2) is 22.6 Å². The summed E-state index contributed by atoms with van der Waals surface area (Å²) in [5.41, 5.74) is 8.37. The molecule has 1 atom stereocenters. The fourth-order valence-corrected chi connectivity index (χ4v) is 3.81. The van der Waals surface area contributed by atoms with Crippen molar-refractivity contribution in [3.63, 3.8) is 0 Å². The fraction of sp³-hybridized carbons (Fsp3) is 0.0667. The molecule has 6 nitrogen and oxygen atoms in total. The first-order valence-corrected chi connectivity index (χ1v) is 10.9. The van der Waals surface area contributed by atoms with Crippen molar-refractivity contribution in [1.82, 2.24) is 9.55 Å². The number of aromatic nitrogens is 2. The number of rotatable bonds is 4. The van der Waals surface area contributed by atoms with Gasteiger partial charge in [0.05, 0.1) is 47.8 Å². The molecular formula is C15H13FIN4O2P. The van der Waals surface area contributed by atoms with Crippen molar-refractivity contribution < 1.29 is 13.9 Å². The number of nitrogens with zero attached hydrogens (tertiary/aromatic N) is 2. The lowest BCUT2D eigenvalue weighted by Gasteiger charge is -2.12. The van der Waals surface area contributed by atoms with Crippen LogP contribution in [0, 0.1) is 5.82 Å². The van der Waals surface area contributed by atoms with Gasteiger partial charge in [0, 0.05) is 5.39 Å². The summed E-state index contributed by atoms with van der Waals surface area (Å²) in [4.78, 5) is 11.4. The number of nitrogen functional groups attached to an aromatic ring is 1. The van der Waals surface area contributed by atoms with Gasteiger partial charge < -0.3 is 15.8 Å². The van der Waals surface area contributed by atoms with Crippen molar-refractivity contribution in [2.75, 3.05) is 18.2 Å². The molecule has 0 amide bonds. The van der Waals surface area contributed by atoms with Gasteiger partial charge in [0.25, 0.3) is 0 Å². The van der Waals surface area contributed by atoms with Crippen molar-refractivity contribution in [1.29, 1.82) is 0 Å². The molecule has 2 aromatic carbocycles. The molecule has 1 unspecified atom stereocenters. The van der Waals surface area contributed by atoms with Crippen LogP contribution >= 0.6 is 28.4 Å². The SMILES string of the molecule is COC(=O)c1ccc(Nc2cc3c(cnn3PI)cc2N)c(F)c1. The van der Waals surface area contributed by atoms with Gasteiger partial charge in [-0.3, -0.25) is 0 Å². The quantitative estimate of drug-likeness (QED) is 0.267. The lowest BCUT2D eigenvalue weighted by molar-refractivity contribution is 0.0600. The molecule has 9 heteroatoms. The Balaban J connectivity index is 1.97. The first-order chi connectivity index (χ1) is 11.5. The summed E-state index contributed by atoms with van der Waals surface area (Å²) in [5.74, 6) is -1.16. The highest BCUT2D eigenvalue weighted by Gasteiger charge is 2.12. The van der Waals surface area contributed by atoms with E-state index in [9.17, 15) is 9.18 Å². The molecular weight excluding hydrogens is 445 g/mol. The zero-order chi connectivity index (χ0) is 17.3. The van der Waals surface area contributed by atoms with Gasteiger partial charge in [0.15, 0.2) is 0 Å². The van der Waals surface area contributed by atoms with Gasteiger partial charge in [-0.25, -0.2) is 13.6 Å². The number of halogens is 2. The van der Waals surface area contributed by atoms with E-state index in [0.717, 1.165) is 17.0 Å². The molecule has 0 bridgehead atoms. The monoisotopic (exact) mass is 458 g/mol. The molecule has 0 radical (unpaired) electrons. The van der Waals surface area contributed by atoms with Crippen LogP contribution in [0.4, 0.5) is 21.5 Å². The molecule has 0 saturated carbocycles.